The lowest BCUT2D eigenvalue weighted by Crippen LogP contribution is -2.56. The molecule has 0 saturated heterocycles. The molecule has 2 aliphatic rings. The van der Waals surface area contributed by atoms with Gasteiger partial charge in [-0.05, 0) is 116 Å². The Morgan fingerprint density at radius 3 is 2.37 bits per heavy atom. The summed E-state index contributed by atoms with van der Waals surface area (Å²) >= 11 is 12.3. The largest absolute Gasteiger partial charge is 0.489 e. The minimum Gasteiger partial charge on any atom is -0.489 e. The Morgan fingerprint density at radius 1 is 0.949 bits per heavy atom. The number of nitrogens with one attached hydrogen (secondary N) is 1. The zero-order chi connectivity index (χ0) is 42.0. The van der Waals surface area contributed by atoms with Crippen molar-refractivity contribution < 1.29 is 38.4 Å². The molecule has 2 aliphatic heterocycles. The first-order valence-electron chi connectivity index (χ1n) is 19.3. The average molecular weight is 839 g/mol. The lowest BCUT2D eigenvalue weighted by molar-refractivity contribution is -0.142. The molecule has 11 nitrogen and oxygen atoms in total. The van der Waals surface area contributed by atoms with Crippen LogP contribution in [-0.2, 0) is 40.3 Å². The number of benzene rings is 4. The number of nitrogens with zero attached hydrogens (tertiary/aromatic N) is 2. The van der Waals surface area contributed by atoms with Crippen LogP contribution in [0.15, 0.2) is 91.1 Å². The lowest BCUT2D eigenvalue weighted by atomic mass is 9.92. The Hall–Kier alpha value is -5.78. The van der Waals surface area contributed by atoms with E-state index in [4.69, 9.17) is 42.1 Å². The summed E-state index contributed by atoms with van der Waals surface area (Å²) in [4.78, 5) is 46.0. The number of carboxylic acid groups (broad SMARTS) is 1. The summed E-state index contributed by atoms with van der Waals surface area (Å²) in [6.45, 7) is 9.75. The smallest absolute Gasteiger partial charge is 0.411 e. The molecule has 5 aromatic rings. The van der Waals surface area contributed by atoms with E-state index in [0.717, 1.165) is 50.2 Å². The van der Waals surface area contributed by atoms with Crippen LogP contribution in [0.1, 0.15) is 65.9 Å². The number of rotatable bonds is 10. The molecule has 0 saturated carbocycles. The fourth-order valence-corrected chi connectivity index (χ4v) is 7.58. The van der Waals surface area contributed by atoms with Crippen LogP contribution < -0.4 is 19.5 Å². The van der Waals surface area contributed by atoms with Crippen molar-refractivity contribution in [3.63, 3.8) is 0 Å². The second-order valence-electron chi connectivity index (χ2n) is 15.8. The Kier molecular flexibility index (Phi) is 12.1. The monoisotopic (exact) mass is 837 g/mol. The third-order valence-electron chi connectivity index (χ3n) is 10.4. The van der Waals surface area contributed by atoms with Crippen LogP contribution in [0.5, 0.6) is 17.2 Å². The predicted molar refractivity (Wildman–Crippen MR) is 224 cm³/mol. The van der Waals surface area contributed by atoms with Gasteiger partial charge < -0.3 is 29.4 Å². The molecule has 2 N–H and O–H groups in total. The number of aryl methyl sites for hydroxylation is 1. The van der Waals surface area contributed by atoms with Crippen LogP contribution >= 0.6 is 23.2 Å². The fraction of sp³-hybridized carbons (Fsp3) is 0.304. The minimum atomic E-state index is -1.25. The molecule has 0 fully saturated rings. The van der Waals surface area contributed by atoms with Crippen molar-refractivity contribution in [2.24, 2.45) is 0 Å². The van der Waals surface area contributed by atoms with E-state index in [1.54, 1.807) is 39.1 Å². The van der Waals surface area contributed by atoms with Gasteiger partial charge in [-0.3, -0.25) is 14.7 Å². The van der Waals surface area contributed by atoms with Crippen molar-refractivity contribution in [2.75, 3.05) is 6.61 Å². The standard InChI is InChI=1S/C46H45Cl2N3O8/c1-26-27(2)49-17-16-36(26)29-8-6-28(7-9-29)18-38(44(53)54)50-43(52)39-19-32-20-40-41(21-33(32)23-51(39)45(55)59-46(3,4)5)58-42(25-57-40)30-11-14-35(15-12-30)56-24-31-10-13-34(47)22-37(31)48/h6-17,20-22,38-39,42H,18-19,23-25H2,1-5H3,(H,50,52)(H,53,54)/t38-,39-,42?/m0/s1. The summed E-state index contributed by atoms with van der Waals surface area (Å²) in [6, 6.07) is 23.7. The van der Waals surface area contributed by atoms with Crippen molar-refractivity contribution in [1.82, 2.24) is 15.2 Å². The molecule has 0 bridgehead atoms. The zero-order valence-electron chi connectivity index (χ0n) is 33.4. The third kappa shape index (κ3) is 9.75. The van der Waals surface area contributed by atoms with E-state index < -0.39 is 41.8 Å². The summed E-state index contributed by atoms with van der Waals surface area (Å²) in [5, 5.41) is 14.0. The maximum atomic E-state index is 14.0. The number of carbonyl (C=O) groups is 3. The van der Waals surface area contributed by atoms with Gasteiger partial charge in [-0.1, -0.05) is 65.7 Å². The van der Waals surface area contributed by atoms with Crippen LogP contribution in [0, 0.1) is 13.8 Å². The number of aliphatic carboxylic acids is 1. The first-order chi connectivity index (χ1) is 28.1. The normalized spacial score (nSPS) is 16.4. The highest BCUT2D eigenvalue weighted by atomic mass is 35.5. The zero-order valence-corrected chi connectivity index (χ0v) is 34.9. The molecule has 4 aromatic carbocycles. The Bertz CT molecular complexity index is 2380. The van der Waals surface area contributed by atoms with Crippen molar-refractivity contribution in [3.8, 4) is 28.4 Å². The molecule has 1 unspecified atom stereocenters. The number of aromatic nitrogens is 1. The SMILES string of the molecule is Cc1nccc(-c2ccc(C[C@H](NC(=O)[C@@H]3Cc4cc5c(cc4CN3C(=O)OC(C)(C)C)OC(c3ccc(OCc4ccc(Cl)cc4Cl)cc3)CO5)C(=O)O)cc2)c1C. The van der Waals surface area contributed by atoms with E-state index in [1.165, 1.54) is 4.90 Å². The topological polar surface area (TPSA) is 137 Å². The maximum absolute atomic E-state index is 14.0. The van der Waals surface area contributed by atoms with E-state index >= 15 is 0 Å². The molecule has 2 amide bonds. The van der Waals surface area contributed by atoms with Gasteiger partial charge in [0.2, 0.25) is 5.91 Å². The molecule has 1 aromatic heterocycles. The number of hydrogen-bond acceptors (Lipinski definition) is 8. The molecule has 13 heteroatoms. The van der Waals surface area contributed by atoms with Gasteiger partial charge in [-0.2, -0.15) is 0 Å². The van der Waals surface area contributed by atoms with Gasteiger partial charge in [0.15, 0.2) is 17.6 Å². The van der Waals surface area contributed by atoms with Gasteiger partial charge in [-0.15, -0.1) is 0 Å². The number of fused-ring (bicyclic) bond motifs is 2. The number of carbonyl (C=O) groups excluding carboxylic acids is 2. The molecule has 3 heterocycles. The summed E-state index contributed by atoms with van der Waals surface area (Å²) in [7, 11) is 0. The quantitative estimate of drug-likeness (QED) is 0.141. The predicted octanol–water partition coefficient (Wildman–Crippen LogP) is 9.24. The summed E-state index contributed by atoms with van der Waals surface area (Å²) in [5.74, 6) is -0.138. The van der Waals surface area contributed by atoms with Crippen LogP contribution in [0.25, 0.3) is 11.1 Å². The molecule has 59 heavy (non-hydrogen) atoms. The van der Waals surface area contributed by atoms with Gasteiger partial charge in [-0.25, -0.2) is 9.59 Å². The van der Waals surface area contributed by atoms with Crippen molar-refractivity contribution in [2.45, 2.75) is 84.4 Å². The van der Waals surface area contributed by atoms with Crippen LogP contribution in [-0.4, -0.2) is 57.3 Å². The highest BCUT2D eigenvalue weighted by Crippen LogP contribution is 2.41. The van der Waals surface area contributed by atoms with Gasteiger partial charge >= 0.3 is 12.1 Å². The van der Waals surface area contributed by atoms with Gasteiger partial charge in [0.1, 0.15) is 36.6 Å². The van der Waals surface area contributed by atoms with Crippen molar-refractivity contribution in [1.29, 1.82) is 0 Å². The molecule has 3 atom stereocenters. The molecule has 306 valence electrons. The van der Waals surface area contributed by atoms with E-state index in [2.05, 4.69) is 10.3 Å². The van der Waals surface area contributed by atoms with Crippen LogP contribution in [0.2, 0.25) is 10.0 Å². The van der Waals surface area contributed by atoms with Gasteiger partial charge in [0.25, 0.3) is 0 Å². The molecular weight excluding hydrogens is 793 g/mol. The van der Waals surface area contributed by atoms with Crippen molar-refractivity contribution in [3.05, 3.63) is 140 Å². The summed E-state index contributed by atoms with van der Waals surface area (Å²) in [6.07, 6.45) is 0.796. The number of amides is 2. The summed E-state index contributed by atoms with van der Waals surface area (Å²) < 4.78 is 24.3. The second-order valence-corrected chi connectivity index (χ2v) is 16.6. The Labute approximate surface area is 353 Å². The second kappa shape index (κ2) is 17.2. The number of pyridine rings is 1. The first-order valence-corrected chi connectivity index (χ1v) is 20.0. The first kappa shape index (κ1) is 41.4. The number of halogens is 2. The number of carboxylic acids is 1. The molecule has 0 spiro atoms. The number of hydrogen-bond donors (Lipinski definition) is 2. The van der Waals surface area contributed by atoms with Crippen LogP contribution in [0.3, 0.4) is 0 Å². The van der Waals surface area contributed by atoms with Crippen molar-refractivity contribution >= 4 is 41.2 Å². The molecule has 0 radical (unpaired) electrons. The molecule has 0 aliphatic carbocycles. The highest BCUT2D eigenvalue weighted by Gasteiger charge is 2.39. The average Bonchev–Trinajstić information content (AvgIpc) is 3.19. The third-order valence-corrected chi connectivity index (χ3v) is 11.0. The minimum absolute atomic E-state index is 0.0282. The van der Waals surface area contributed by atoms with Gasteiger partial charge in [0.05, 0.1) is 6.54 Å². The van der Waals surface area contributed by atoms with Gasteiger partial charge in [0, 0.05) is 40.3 Å². The maximum Gasteiger partial charge on any atom is 0.411 e. The lowest BCUT2D eigenvalue weighted by Gasteiger charge is -2.38. The van der Waals surface area contributed by atoms with E-state index in [9.17, 15) is 19.5 Å². The van der Waals surface area contributed by atoms with E-state index in [0.29, 0.717) is 27.3 Å². The Morgan fingerprint density at radius 2 is 1.68 bits per heavy atom. The van der Waals surface area contributed by atoms with E-state index in [-0.39, 0.29) is 32.6 Å². The fourth-order valence-electron chi connectivity index (χ4n) is 7.12. The number of ether oxygens (including phenoxy) is 4. The van der Waals surface area contributed by atoms with E-state index in [1.807, 2.05) is 86.6 Å². The molecule has 7 rings (SSSR count). The van der Waals surface area contributed by atoms with Crippen LogP contribution in [0.4, 0.5) is 4.79 Å². The summed E-state index contributed by atoms with van der Waals surface area (Å²) in [5.41, 5.74) is 7.12. The Balaban J connectivity index is 1.05. The molecular formula is C46H45Cl2N3O8. The highest BCUT2D eigenvalue weighted by molar-refractivity contribution is 6.35.